The molecule has 2 aromatic heterocycles. The molecule has 0 saturated carbocycles. The Bertz CT molecular complexity index is 2090. The van der Waals surface area contributed by atoms with Gasteiger partial charge in [-0.15, -0.1) is 0 Å². The summed E-state index contributed by atoms with van der Waals surface area (Å²) < 4.78 is 23.9. The molecule has 14 heteroatoms. The van der Waals surface area contributed by atoms with E-state index in [4.69, 9.17) is 29.5 Å². The molecule has 0 aliphatic rings. The van der Waals surface area contributed by atoms with Crippen LogP contribution in [0.2, 0.25) is 0 Å². The average molecular weight is 795 g/mol. The number of carbonyl (C=O) groups is 4. The predicted molar refractivity (Wildman–Crippen MR) is 218 cm³/mol. The minimum absolute atomic E-state index is 0.0497. The lowest BCUT2D eigenvalue weighted by atomic mass is 10.00. The van der Waals surface area contributed by atoms with Gasteiger partial charge in [-0.3, -0.25) is 9.59 Å². The first-order chi connectivity index (χ1) is 27.3. The van der Waals surface area contributed by atoms with Crippen molar-refractivity contribution in [2.45, 2.75) is 106 Å². The largest absolute Gasteiger partial charge is 0.466 e. The second-order valence-corrected chi connectivity index (χ2v) is 14.8. The van der Waals surface area contributed by atoms with Gasteiger partial charge in [-0.2, -0.15) is 10.5 Å². The number of carbonyl (C=O) groups excluding carboxylic acids is 4. The van der Waals surface area contributed by atoms with E-state index in [-0.39, 0.29) is 32.5 Å². The molecule has 0 bridgehead atoms. The number of hydrogen-bond donors (Lipinski definition) is 0. The third-order valence-corrected chi connectivity index (χ3v) is 7.59. The molecular weight excluding hydrogens is 741 g/mol. The molecule has 4 rings (SSSR count). The number of ether oxygens (including phenoxy) is 4. The Morgan fingerprint density at radius 2 is 1.21 bits per heavy atom. The summed E-state index contributed by atoms with van der Waals surface area (Å²) in [5.74, 6) is -0.895. The molecule has 2 heterocycles. The standard InChI is InChI=1S/C22H27N3O4.C19H24N2O4.C3H3N/c1-6-28-20(26)17(8-7-13-23)18-14-24-19(16-11-9-15(2)10-12-16)25(18)21(27)29-22(3,4)5;1-6-24-16(22)11-15-12-20-17(14-9-7-13(2)8-10-14)21(15)18(23)25-19(3,4)5;1-2-3-4/h9-12,14,17H,6-8H2,1-5H3;7-10,12H,6,11H2,1-5H3;2H,1H2. The Labute approximate surface area is 341 Å². The number of aromatic nitrogens is 4. The van der Waals surface area contributed by atoms with E-state index in [0.717, 1.165) is 22.3 Å². The van der Waals surface area contributed by atoms with Gasteiger partial charge in [-0.05, 0) is 75.7 Å². The van der Waals surface area contributed by atoms with Gasteiger partial charge in [0.25, 0.3) is 0 Å². The third kappa shape index (κ3) is 14.8. The zero-order chi connectivity index (χ0) is 43.6. The van der Waals surface area contributed by atoms with Gasteiger partial charge in [0.2, 0.25) is 0 Å². The zero-order valence-corrected chi connectivity index (χ0v) is 35.1. The van der Waals surface area contributed by atoms with Gasteiger partial charge in [0.15, 0.2) is 0 Å². The molecule has 1 unspecified atom stereocenters. The number of nitriles is 2. The molecule has 0 amide bonds. The maximum absolute atomic E-state index is 13.0. The van der Waals surface area contributed by atoms with Gasteiger partial charge in [0, 0.05) is 23.6 Å². The Morgan fingerprint density at radius 3 is 1.64 bits per heavy atom. The smallest absolute Gasteiger partial charge is 0.420 e. The van der Waals surface area contributed by atoms with Crippen molar-refractivity contribution in [2.24, 2.45) is 0 Å². The van der Waals surface area contributed by atoms with E-state index in [1.807, 2.05) is 68.4 Å². The van der Waals surface area contributed by atoms with Crippen LogP contribution >= 0.6 is 0 Å². The molecule has 0 saturated heterocycles. The topological polar surface area (TPSA) is 188 Å². The lowest BCUT2D eigenvalue weighted by Crippen LogP contribution is -2.30. The van der Waals surface area contributed by atoms with Crippen molar-refractivity contribution in [3.8, 4) is 34.9 Å². The maximum Gasteiger partial charge on any atom is 0.420 e. The minimum atomic E-state index is -0.797. The summed E-state index contributed by atoms with van der Waals surface area (Å²) in [7, 11) is 0. The van der Waals surface area contributed by atoms with Gasteiger partial charge in [-0.25, -0.2) is 28.7 Å². The first-order valence-electron chi connectivity index (χ1n) is 18.7. The number of nitrogens with zero attached hydrogens (tertiary/aromatic N) is 6. The molecule has 14 nitrogen and oxygen atoms in total. The van der Waals surface area contributed by atoms with E-state index in [1.165, 1.54) is 27.6 Å². The van der Waals surface area contributed by atoms with E-state index in [1.54, 1.807) is 61.5 Å². The Morgan fingerprint density at radius 1 is 0.759 bits per heavy atom. The summed E-state index contributed by atoms with van der Waals surface area (Å²) >= 11 is 0. The van der Waals surface area contributed by atoms with Gasteiger partial charge in [0.05, 0.1) is 55.6 Å². The minimum Gasteiger partial charge on any atom is -0.466 e. The first-order valence-corrected chi connectivity index (χ1v) is 18.7. The first kappa shape index (κ1) is 47.6. The average Bonchev–Trinajstić information content (AvgIpc) is 3.77. The van der Waals surface area contributed by atoms with Crippen LogP contribution in [0.25, 0.3) is 22.8 Å². The van der Waals surface area contributed by atoms with Crippen LogP contribution in [0.15, 0.2) is 73.6 Å². The predicted octanol–water partition coefficient (Wildman–Crippen LogP) is 9.04. The summed E-state index contributed by atoms with van der Waals surface area (Å²) in [6.07, 6.45) is 3.28. The molecule has 4 aromatic rings. The van der Waals surface area contributed by atoms with E-state index >= 15 is 0 Å². The lowest BCUT2D eigenvalue weighted by Gasteiger charge is -2.23. The highest BCUT2D eigenvalue weighted by molar-refractivity contribution is 5.83. The number of aryl methyl sites for hydroxylation is 2. The molecule has 0 aliphatic carbocycles. The van der Waals surface area contributed by atoms with E-state index in [9.17, 15) is 19.2 Å². The number of imidazole rings is 2. The van der Waals surface area contributed by atoms with Crippen LogP contribution in [0, 0.1) is 36.5 Å². The fourth-order valence-electron chi connectivity index (χ4n) is 5.14. The highest BCUT2D eigenvalue weighted by Crippen LogP contribution is 2.30. The van der Waals surface area contributed by atoms with Gasteiger partial charge in [-0.1, -0.05) is 66.2 Å². The van der Waals surface area contributed by atoms with Crippen LogP contribution in [0.3, 0.4) is 0 Å². The zero-order valence-electron chi connectivity index (χ0n) is 35.1. The molecular formula is C44H54N6O8. The monoisotopic (exact) mass is 794 g/mol. The highest BCUT2D eigenvalue weighted by Gasteiger charge is 2.32. The Hall–Kier alpha value is -6.54. The molecule has 0 spiro atoms. The molecule has 2 aromatic carbocycles. The van der Waals surface area contributed by atoms with Crippen molar-refractivity contribution in [3.63, 3.8) is 0 Å². The fraction of sp³-hybridized carbons (Fsp3) is 0.409. The van der Waals surface area contributed by atoms with Crippen LogP contribution in [-0.2, 0) is 35.0 Å². The molecule has 0 aliphatic heterocycles. The van der Waals surface area contributed by atoms with Gasteiger partial charge < -0.3 is 18.9 Å². The quantitative estimate of drug-likeness (QED) is 0.0843. The van der Waals surface area contributed by atoms with Gasteiger partial charge in [0.1, 0.15) is 28.8 Å². The summed E-state index contributed by atoms with van der Waals surface area (Å²) in [6, 6.07) is 18.9. The normalized spacial score (nSPS) is 11.2. The second kappa shape index (κ2) is 22.3. The van der Waals surface area contributed by atoms with Crippen molar-refractivity contribution >= 4 is 24.1 Å². The number of allylic oxidation sites excluding steroid dienone is 1. The summed E-state index contributed by atoms with van der Waals surface area (Å²) in [5.41, 5.74) is 3.06. The molecule has 1 atom stereocenters. The molecule has 308 valence electrons. The van der Waals surface area contributed by atoms with Crippen molar-refractivity contribution in [1.29, 1.82) is 10.5 Å². The lowest BCUT2D eigenvalue weighted by molar-refractivity contribution is -0.145. The molecule has 0 N–H and O–H groups in total. The van der Waals surface area contributed by atoms with Crippen LogP contribution in [-0.4, -0.2) is 67.6 Å². The summed E-state index contributed by atoms with van der Waals surface area (Å²) in [6.45, 7) is 21.7. The number of benzene rings is 2. The molecule has 58 heavy (non-hydrogen) atoms. The van der Waals surface area contributed by atoms with Crippen LogP contribution < -0.4 is 0 Å². The Balaban J connectivity index is 0.000000369. The van der Waals surface area contributed by atoms with E-state index in [2.05, 4.69) is 16.5 Å². The third-order valence-electron chi connectivity index (χ3n) is 7.59. The number of hydrogen-bond acceptors (Lipinski definition) is 12. The number of esters is 2. The van der Waals surface area contributed by atoms with Crippen LogP contribution in [0.1, 0.15) is 96.7 Å². The second-order valence-electron chi connectivity index (χ2n) is 14.8. The van der Waals surface area contributed by atoms with Crippen LogP contribution in [0.4, 0.5) is 9.59 Å². The molecule has 0 fully saturated rings. The highest BCUT2D eigenvalue weighted by atomic mass is 16.6. The van der Waals surface area contributed by atoms with E-state index in [0.29, 0.717) is 23.0 Å². The van der Waals surface area contributed by atoms with Crippen molar-refractivity contribution < 1.29 is 38.1 Å². The Kier molecular flexibility index (Phi) is 18.3. The summed E-state index contributed by atoms with van der Waals surface area (Å²) in [5, 5.41) is 16.5. The summed E-state index contributed by atoms with van der Waals surface area (Å²) in [4.78, 5) is 58.9. The van der Waals surface area contributed by atoms with Crippen LogP contribution in [0.5, 0.6) is 0 Å². The van der Waals surface area contributed by atoms with E-state index < -0.39 is 41.2 Å². The van der Waals surface area contributed by atoms with Gasteiger partial charge >= 0.3 is 24.1 Å². The fourth-order valence-corrected chi connectivity index (χ4v) is 5.14. The number of rotatable bonds is 10. The van der Waals surface area contributed by atoms with Crippen molar-refractivity contribution in [3.05, 3.63) is 96.1 Å². The van der Waals surface area contributed by atoms with Crippen molar-refractivity contribution in [2.75, 3.05) is 13.2 Å². The molecule has 0 radical (unpaired) electrons. The maximum atomic E-state index is 13.0. The van der Waals surface area contributed by atoms with Crippen molar-refractivity contribution in [1.82, 2.24) is 19.1 Å². The SMILES string of the molecule is C=CC#N.CCOC(=O)C(CCC#N)c1cnc(-c2ccc(C)cc2)n1C(=O)OC(C)(C)C.CCOC(=O)Cc1cnc(-c2ccc(C)cc2)n1C(=O)OC(C)(C)C.